The molecule has 0 fully saturated rings. The van der Waals surface area contributed by atoms with E-state index in [2.05, 4.69) is 9.98 Å². The molecule has 0 spiro atoms. The molecule has 0 bridgehead atoms. The fraction of sp³-hybridized carbons (Fsp3) is 0.0625. The first-order valence-corrected chi connectivity index (χ1v) is 6.62. The molecule has 0 unspecified atom stereocenters. The van der Waals surface area contributed by atoms with Gasteiger partial charge in [-0.25, -0.2) is 0 Å². The van der Waals surface area contributed by atoms with E-state index in [1.165, 1.54) is 0 Å². The van der Waals surface area contributed by atoms with Crippen LogP contribution in [-0.4, -0.2) is 16.3 Å². The van der Waals surface area contributed by atoms with Gasteiger partial charge >= 0.3 is 0 Å². The second-order valence-corrected chi connectivity index (χ2v) is 5.11. The molecule has 3 nitrogen and oxygen atoms in total. The number of benzene rings is 2. The quantitative estimate of drug-likeness (QED) is 0.665. The van der Waals surface area contributed by atoms with E-state index in [1.54, 1.807) is 18.3 Å². The minimum Gasteiger partial charge on any atom is -0.494 e. The van der Waals surface area contributed by atoms with Crippen LogP contribution in [0, 0.1) is 6.92 Å². The lowest BCUT2D eigenvalue weighted by molar-refractivity contribution is 0.457. The molecule has 0 saturated heterocycles. The number of aliphatic imine (C=N–C) groups is 1. The molecule has 2 aromatic carbocycles. The van der Waals surface area contributed by atoms with E-state index >= 15 is 0 Å². The summed E-state index contributed by atoms with van der Waals surface area (Å²) in [5.41, 5.74) is 3.46. The number of hydrogen-bond acceptors (Lipinski definition) is 2. The first kappa shape index (κ1) is 12.8. The maximum atomic E-state index is 9.99. The average molecular weight is 285 g/mol. The van der Waals surface area contributed by atoms with Crippen molar-refractivity contribution in [2.24, 2.45) is 4.99 Å². The maximum absolute atomic E-state index is 9.99. The van der Waals surface area contributed by atoms with Gasteiger partial charge in [0.25, 0.3) is 0 Å². The molecular formula is C16H13ClN2O. The van der Waals surface area contributed by atoms with Crippen LogP contribution in [-0.2, 0) is 0 Å². The summed E-state index contributed by atoms with van der Waals surface area (Å²) in [5, 5.41) is 11.6. The van der Waals surface area contributed by atoms with Crippen LogP contribution in [0.4, 0.5) is 5.69 Å². The monoisotopic (exact) mass is 284 g/mol. The summed E-state index contributed by atoms with van der Waals surface area (Å²) < 4.78 is 0. The number of aromatic hydroxyl groups is 1. The van der Waals surface area contributed by atoms with Crippen LogP contribution >= 0.6 is 11.6 Å². The van der Waals surface area contributed by atoms with E-state index in [1.807, 2.05) is 37.3 Å². The van der Waals surface area contributed by atoms with Gasteiger partial charge in [0.05, 0.1) is 11.3 Å². The number of rotatable bonds is 2. The van der Waals surface area contributed by atoms with Gasteiger partial charge in [0.2, 0.25) is 0 Å². The molecule has 0 aliphatic heterocycles. The minimum absolute atomic E-state index is 0.122. The molecule has 4 heteroatoms. The second kappa shape index (κ2) is 5.02. The molecule has 100 valence electrons. The molecule has 3 aromatic rings. The zero-order valence-electron chi connectivity index (χ0n) is 10.9. The lowest BCUT2D eigenvalue weighted by Crippen LogP contribution is -1.80. The van der Waals surface area contributed by atoms with Crippen molar-refractivity contribution in [3.05, 3.63) is 58.6 Å². The van der Waals surface area contributed by atoms with Gasteiger partial charge in [0.1, 0.15) is 0 Å². The van der Waals surface area contributed by atoms with Gasteiger partial charge in [-0.3, -0.25) is 4.99 Å². The van der Waals surface area contributed by atoms with E-state index < -0.39 is 0 Å². The third-order valence-corrected chi connectivity index (χ3v) is 3.36. The van der Waals surface area contributed by atoms with Crippen LogP contribution in [0.5, 0.6) is 5.88 Å². The van der Waals surface area contributed by atoms with Crippen LogP contribution in [0.2, 0.25) is 5.02 Å². The van der Waals surface area contributed by atoms with Crippen molar-refractivity contribution in [1.29, 1.82) is 0 Å². The Balaban J connectivity index is 2.06. The highest BCUT2D eigenvalue weighted by atomic mass is 35.5. The molecule has 1 aromatic heterocycles. The molecule has 2 N–H and O–H groups in total. The summed E-state index contributed by atoms with van der Waals surface area (Å²) in [6.45, 7) is 2.02. The van der Waals surface area contributed by atoms with Crippen LogP contribution in [0.1, 0.15) is 11.1 Å². The highest BCUT2D eigenvalue weighted by Gasteiger charge is 2.08. The smallest absolute Gasteiger partial charge is 0.198 e. The number of aromatic nitrogens is 1. The van der Waals surface area contributed by atoms with Crippen molar-refractivity contribution in [2.75, 3.05) is 0 Å². The van der Waals surface area contributed by atoms with Crippen molar-refractivity contribution >= 4 is 34.4 Å². The van der Waals surface area contributed by atoms with E-state index in [0.29, 0.717) is 10.6 Å². The highest BCUT2D eigenvalue weighted by molar-refractivity contribution is 6.30. The summed E-state index contributed by atoms with van der Waals surface area (Å²) in [6, 6.07) is 13.2. The Morgan fingerprint density at radius 2 is 2.05 bits per heavy atom. The molecule has 3 rings (SSSR count). The predicted molar refractivity (Wildman–Crippen MR) is 83.4 cm³/mol. The average Bonchev–Trinajstić information content (AvgIpc) is 2.72. The van der Waals surface area contributed by atoms with Crippen molar-refractivity contribution in [3.8, 4) is 5.88 Å². The normalized spacial score (nSPS) is 11.5. The number of H-pyrrole nitrogens is 1. The molecule has 0 atom stereocenters. The van der Waals surface area contributed by atoms with Crippen LogP contribution in [0.25, 0.3) is 10.9 Å². The molecule has 0 radical (unpaired) electrons. The van der Waals surface area contributed by atoms with Crippen molar-refractivity contribution in [3.63, 3.8) is 0 Å². The van der Waals surface area contributed by atoms with Gasteiger partial charge in [-0.2, -0.15) is 0 Å². The number of hydrogen-bond donors (Lipinski definition) is 2. The Bertz CT molecular complexity index is 805. The lowest BCUT2D eigenvalue weighted by atomic mass is 10.1. The van der Waals surface area contributed by atoms with Crippen LogP contribution in [0.3, 0.4) is 0 Å². The van der Waals surface area contributed by atoms with Gasteiger partial charge in [0, 0.05) is 22.1 Å². The van der Waals surface area contributed by atoms with Gasteiger partial charge in [-0.1, -0.05) is 29.3 Å². The van der Waals surface area contributed by atoms with Crippen LogP contribution in [0.15, 0.2) is 47.5 Å². The van der Waals surface area contributed by atoms with Crippen molar-refractivity contribution < 1.29 is 5.11 Å². The number of halogens is 1. The number of aryl methyl sites for hydroxylation is 1. The maximum Gasteiger partial charge on any atom is 0.198 e. The largest absolute Gasteiger partial charge is 0.494 e. The van der Waals surface area contributed by atoms with Crippen LogP contribution < -0.4 is 0 Å². The Hall–Kier alpha value is -2.26. The predicted octanol–water partition coefficient (Wildman–Crippen LogP) is 4.59. The van der Waals surface area contributed by atoms with E-state index in [9.17, 15) is 5.11 Å². The van der Waals surface area contributed by atoms with Gasteiger partial charge < -0.3 is 10.1 Å². The Kier molecular flexibility index (Phi) is 3.20. The second-order valence-electron chi connectivity index (χ2n) is 4.67. The summed E-state index contributed by atoms with van der Waals surface area (Å²) in [7, 11) is 0. The van der Waals surface area contributed by atoms with E-state index in [0.717, 1.165) is 22.2 Å². The van der Waals surface area contributed by atoms with Crippen molar-refractivity contribution in [2.45, 2.75) is 6.92 Å². The molecular weight excluding hydrogens is 272 g/mol. The zero-order valence-corrected chi connectivity index (χ0v) is 11.6. The summed E-state index contributed by atoms with van der Waals surface area (Å²) in [6.07, 6.45) is 1.65. The van der Waals surface area contributed by atoms with Gasteiger partial charge in [0.15, 0.2) is 5.88 Å². The molecule has 0 amide bonds. The Labute approximate surface area is 121 Å². The third kappa shape index (κ3) is 2.40. The minimum atomic E-state index is 0.122. The molecule has 20 heavy (non-hydrogen) atoms. The van der Waals surface area contributed by atoms with Gasteiger partial charge in [-0.05, 0) is 37.3 Å². The summed E-state index contributed by atoms with van der Waals surface area (Å²) in [5.74, 6) is 0.122. The summed E-state index contributed by atoms with van der Waals surface area (Å²) >= 11 is 5.92. The number of nitrogens with zero attached hydrogens (tertiary/aromatic N) is 1. The number of aromatic amines is 1. The Morgan fingerprint density at radius 1 is 1.20 bits per heavy atom. The van der Waals surface area contributed by atoms with E-state index in [4.69, 9.17) is 11.6 Å². The third-order valence-electron chi connectivity index (χ3n) is 3.12. The zero-order chi connectivity index (χ0) is 14.1. The first-order chi connectivity index (χ1) is 9.63. The molecule has 0 saturated carbocycles. The molecule has 0 aliphatic carbocycles. The fourth-order valence-corrected chi connectivity index (χ4v) is 2.32. The standard InChI is InChI=1S/C16H13ClN2O/c1-10-5-6-15-13(7-10)14(16(20)19-15)9-18-12-4-2-3-11(17)8-12/h2-9,19-20H,1H3. The first-order valence-electron chi connectivity index (χ1n) is 6.24. The lowest BCUT2D eigenvalue weighted by Gasteiger charge is -1.96. The van der Waals surface area contributed by atoms with E-state index in [-0.39, 0.29) is 5.88 Å². The molecule has 1 heterocycles. The highest BCUT2D eigenvalue weighted by Crippen LogP contribution is 2.27. The number of fused-ring (bicyclic) bond motifs is 1. The van der Waals surface area contributed by atoms with Crippen molar-refractivity contribution in [1.82, 2.24) is 4.98 Å². The molecule has 0 aliphatic rings. The topological polar surface area (TPSA) is 48.4 Å². The number of nitrogens with one attached hydrogen (secondary N) is 1. The Morgan fingerprint density at radius 3 is 2.85 bits per heavy atom. The summed E-state index contributed by atoms with van der Waals surface area (Å²) in [4.78, 5) is 7.30. The fourth-order valence-electron chi connectivity index (χ4n) is 2.14. The van der Waals surface area contributed by atoms with Gasteiger partial charge in [-0.15, -0.1) is 0 Å². The SMILES string of the molecule is Cc1ccc2[nH]c(O)c(C=Nc3cccc(Cl)c3)c2c1.